The number of halogens is 1. The maximum absolute atomic E-state index is 5.96. The summed E-state index contributed by atoms with van der Waals surface area (Å²) in [5.74, 6) is 0.555. The average Bonchev–Trinajstić information content (AvgIpc) is 2.36. The van der Waals surface area contributed by atoms with Crippen molar-refractivity contribution in [2.45, 2.75) is 26.3 Å². The van der Waals surface area contributed by atoms with E-state index in [2.05, 4.69) is 41.2 Å². The van der Waals surface area contributed by atoms with Crippen molar-refractivity contribution in [1.29, 1.82) is 0 Å². The minimum Gasteiger partial charge on any atom is -0.327 e. The zero-order valence-electron chi connectivity index (χ0n) is 7.38. The van der Waals surface area contributed by atoms with Gasteiger partial charge in [-0.2, -0.15) is 0 Å². The Morgan fingerprint density at radius 3 is 2.67 bits per heavy atom. The normalized spacial score (nSPS) is 13.8. The molecule has 1 rings (SSSR count). The van der Waals surface area contributed by atoms with Crippen LogP contribution in [0.5, 0.6) is 0 Å². The molecule has 68 valence electrons. The third-order valence-electron chi connectivity index (χ3n) is 1.97. The first-order valence-corrected chi connectivity index (χ1v) is 5.76. The van der Waals surface area contributed by atoms with Crippen LogP contribution in [0.4, 0.5) is 0 Å². The lowest BCUT2D eigenvalue weighted by Gasteiger charge is -2.14. The summed E-state index contributed by atoms with van der Waals surface area (Å²) in [6.07, 6.45) is 0.982. The molecule has 0 saturated carbocycles. The maximum atomic E-state index is 5.96. The van der Waals surface area contributed by atoms with E-state index < -0.39 is 0 Å². The molecule has 1 heterocycles. The molecule has 0 aliphatic heterocycles. The predicted molar refractivity (Wildman–Crippen MR) is 58.5 cm³/mol. The zero-order valence-corrected chi connectivity index (χ0v) is 9.78. The fourth-order valence-electron chi connectivity index (χ4n) is 0.921. The van der Waals surface area contributed by atoms with Crippen molar-refractivity contribution in [3.8, 4) is 0 Å². The summed E-state index contributed by atoms with van der Waals surface area (Å²) in [7, 11) is 0. The van der Waals surface area contributed by atoms with Crippen LogP contribution in [0.3, 0.4) is 0 Å². The number of thiophene rings is 1. The van der Waals surface area contributed by atoms with Gasteiger partial charge in [-0.3, -0.25) is 0 Å². The molecule has 1 aromatic heterocycles. The monoisotopic (exact) mass is 247 g/mol. The highest BCUT2D eigenvalue weighted by molar-refractivity contribution is 9.10. The first kappa shape index (κ1) is 10.2. The Bertz CT molecular complexity index is 244. The van der Waals surface area contributed by atoms with Crippen molar-refractivity contribution in [3.63, 3.8) is 0 Å². The van der Waals surface area contributed by atoms with Crippen molar-refractivity contribution >= 4 is 27.3 Å². The highest BCUT2D eigenvalue weighted by atomic mass is 79.9. The molecule has 0 radical (unpaired) electrons. The predicted octanol–water partition coefficient (Wildman–Crippen LogP) is 3.04. The Kier molecular flexibility index (Phi) is 3.75. The van der Waals surface area contributed by atoms with Gasteiger partial charge in [0.2, 0.25) is 0 Å². The molecule has 1 unspecified atom stereocenters. The standard InChI is InChI=1S/C9H14BrNS/c1-6(2)8(11)5-9-7(10)3-4-12-9/h3-4,6,8H,5,11H2,1-2H3. The molecular weight excluding hydrogens is 234 g/mol. The van der Waals surface area contributed by atoms with E-state index in [1.165, 1.54) is 9.35 Å². The van der Waals surface area contributed by atoms with Gasteiger partial charge in [0.25, 0.3) is 0 Å². The topological polar surface area (TPSA) is 26.0 Å². The van der Waals surface area contributed by atoms with Gasteiger partial charge in [-0.25, -0.2) is 0 Å². The van der Waals surface area contributed by atoms with E-state index in [4.69, 9.17) is 5.73 Å². The summed E-state index contributed by atoms with van der Waals surface area (Å²) in [6, 6.07) is 2.35. The third kappa shape index (κ3) is 2.57. The molecule has 1 nitrogen and oxygen atoms in total. The third-order valence-corrected chi connectivity index (χ3v) is 3.92. The van der Waals surface area contributed by atoms with E-state index >= 15 is 0 Å². The van der Waals surface area contributed by atoms with E-state index in [0.717, 1.165) is 6.42 Å². The van der Waals surface area contributed by atoms with Gasteiger partial charge in [0.1, 0.15) is 0 Å². The summed E-state index contributed by atoms with van der Waals surface area (Å²) >= 11 is 5.27. The fourth-order valence-corrected chi connectivity index (χ4v) is 2.51. The SMILES string of the molecule is CC(C)C(N)Cc1sccc1Br. The Balaban J connectivity index is 2.58. The van der Waals surface area contributed by atoms with Gasteiger partial charge >= 0.3 is 0 Å². The van der Waals surface area contributed by atoms with Gasteiger partial charge in [-0.1, -0.05) is 13.8 Å². The Hall–Kier alpha value is 0.140. The quantitative estimate of drug-likeness (QED) is 0.874. The smallest absolute Gasteiger partial charge is 0.0314 e. The molecular formula is C9H14BrNS. The first-order valence-electron chi connectivity index (χ1n) is 4.08. The molecule has 3 heteroatoms. The van der Waals surface area contributed by atoms with Gasteiger partial charge < -0.3 is 5.73 Å². The summed E-state index contributed by atoms with van der Waals surface area (Å²) in [4.78, 5) is 1.36. The van der Waals surface area contributed by atoms with Crippen molar-refractivity contribution in [3.05, 3.63) is 20.8 Å². The molecule has 0 spiro atoms. The molecule has 0 aliphatic carbocycles. The molecule has 0 aromatic carbocycles. The van der Waals surface area contributed by atoms with Crippen LogP contribution in [0.2, 0.25) is 0 Å². The molecule has 1 aromatic rings. The fraction of sp³-hybridized carbons (Fsp3) is 0.556. The lowest BCUT2D eigenvalue weighted by Crippen LogP contribution is -2.28. The van der Waals surface area contributed by atoms with Crippen LogP contribution >= 0.6 is 27.3 Å². The van der Waals surface area contributed by atoms with Crippen LogP contribution in [0, 0.1) is 5.92 Å². The second-order valence-electron chi connectivity index (χ2n) is 3.30. The summed E-state index contributed by atoms with van der Waals surface area (Å²) in [5.41, 5.74) is 5.96. The first-order chi connectivity index (χ1) is 5.61. The minimum atomic E-state index is 0.278. The number of rotatable bonds is 3. The lowest BCUT2D eigenvalue weighted by molar-refractivity contribution is 0.493. The van der Waals surface area contributed by atoms with Gasteiger partial charge in [0, 0.05) is 15.4 Å². The van der Waals surface area contributed by atoms with E-state index in [0.29, 0.717) is 5.92 Å². The zero-order chi connectivity index (χ0) is 9.14. The highest BCUT2D eigenvalue weighted by Crippen LogP contribution is 2.24. The molecule has 1 atom stereocenters. The summed E-state index contributed by atoms with van der Waals surface area (Å²) in [6.45, 7) is 4.32. The minimum absolute atomic E-state index is 0.278. The molecule has 0 amide bonds. The Labute approximate surface area is 86.1 Å². The van der Waals surface area contributed by atoms with Gasteiger partial charge in [-0.05, 0) is 39.7 Å². The van der Waals surface area contributed by atoms with E-state index in [1.807, 2.05) is 0 Å². The van der Waals surface area contributed by atoms with Crippen LogP contribution in [0.25, 0.3) is 0 Å². The summed E-state index contributed by atoms with van der Waals surface area (Å²) < 4.78 is 1.20. The van der Waals surface area contributed by atoms with E-state index in [-0.39, 0.29) is 6.04 Å². The highest BCUT2D eigenvalue weighted by Gasteiger charge is 2.11. The molecule has 0 aliphatic rings. The molecule has 0 bridgehead atoms. The lowest BCUT2D eigenvalue weighted by atomic mass is 10.0. The number of hydrogen-bond donors (Lipinski definition) is 1. The van der Waals surface area contributed by atoms with Gasteiger partial charge in [-0.15, -0.1) is 11.3 Å². The van der Waals surface area contributed by atoms with Crippen LogP contribution in [-0.4, -0.2) is 6.04 Å². The number of nitrogens with two attached hydrogens (primary N) is 1. The average molecular weight is 248 g/mol. The van der Waals surface area contributed by atoms with E-state index in [9.17, 15) is 0 Å². The van der Waals surface area contributed by atoms with Crippen molar-refractivity contribution < 1.29 is 0 Å². The van der Waals surface area contributed by atoms with E-state index in [1.54, 1.807) is 11.3 Å². The van der Waals surface area contributed by atoms with Crippen LogP contribution < -0.4 is 5.73 Å². The Morgan fingerprint density at radius 2 is 2.25 bits per heavy atom. The molecule has 0 fully saturated rings. The second-order valence-corrected chi connectivity index (χ2v) is 5.16. The molecule has 2 N–H and O–H groups in total. The van der Waals surface area contributed by atoms with Crippen LogP contribution in [-0.2, 0) is 6.42 Å². The number of hydrogen-bond acceptors (Lipinski definition) is 2. The molecule has 12 heavy (non-hydrogen) atoms. The maximum Gasteiger partial charge on any atom is 0.0314 e. The van der Waals surface area contributed by atoms with Gasteiger partial charge in [0.05, 0.1) is 0 Å². The van der Waals surface area contributed by atoms with Crippen LogP contribution in [0.15, 0.2) is 15.9 Å². The summed E-state index contributed by atoms with van der Waals surface area (Å²) in [5, 5.41) is 2.09. The van der Waals surface area contributed by atoms with Crippen molar-refractivity contribution in [2.24, 2.45) is 11.7 Å². The van der Waals surface area contributed by atoms with Crippen LogP contribution in [0.1, 0.15) is 18.7 Å². The second kappa shape index (κ2) is 4.40. The largest absolute Gasteiger partial charge is 0.327 e. The van der Waals surface area contributed by atoms with Crippen molar-refractivity contribution in [1.82, 2.24) is 0 Å². The van der Waals surface area contributed by atoms with Gasteiger partial charge in [0.15, 0.2) is 0 Å². The Morgan fingerprint density at radius 1 is 1.58 bits per heavy atom. The van der Waals surface area contributed by atoms with Crippen molar-refractivity contribution in [2.75, 3.05) is 0 Å². The molecule has 0 saturated heterocycles.